The average molecular weight is 836 g/mol. The maximum Gasteiger partial charge on any atom is 0.0540 e. The van der Waals surface area contributed by atoms with Gasteiger partial charge in [0.05, 0.1) is 22.7 Å². The SMILES string of the molecule is Cc1cccc2c1-c1ccc(-c3ccc(N(c4ccccc4)c4cc(N(c5ccccc5)c5ccccc5)cc(N(c5ccccc5)c5ccccc5)c4)c4ccccc34)cc1C2(C)C. The topological polar surface area (TPSA) is 9.72 Å². The van der Waals surface area contributed by atoms with Crippen LogP contribution in [0.4, 0.5) is 51.2 Å². The molecule has 0 fully saturated rings. The van der Waals surface area contributed by atoms with E-state index in [0.29, 0.717) is 0 Å². The first-order chi connectivity index (χ1) is 31.9. The molecule has 312 valence electrons. The van der Waals surface area contributed by atoms with Crippen LogP contribution in [-0.4, -0.2) is 0 Å². The summed E-state index contributed by atoms with van der Waals surface area (Å²) in [6.45, 7) is 6.98. The number of hydrogen-bond donors (Lipinski definition) is 0. The minimum Gasteiger partial charge on any atom is -0.310 e. The van der Waals surface area contributed by atoms with Crippen LogP contribution in [0.2, 0.25) is 0 Å². The van der Waals surface area contributed by atoms with Crippen molar-refractivity contribution in [2.45, 2.75) is 26.2 Å². The van der Waals surface area contributed by atoms with Crippen molar-refractivity contribution in [2.24, 2.45) is 0 Å². The summed E-state index contributed by atoms with van der Waals surface area (Å²) >= 11 is 0. The van der Waals surface area contributed by atoms with Crippen molar-refractivity contribution in [1.82, 2.24) is 0 Å². The second kappa shape index (κ2) is 16.5. The van der Waals surface area contributed by atoms with Crippen LogP contribution in [0.1, 0.15) is 30.5 Å². The van der Waals surface area contributed by atoms with Crippen LogP contribution in [-0.2, 0) is 5.41 Å². The number of fused-ring (bicyclic) bond motifs is 4. The molecule has 3 heteroatoms. The van der Waals surface area contributed by atoms with E-state index < -0.39 is 0 Å². The van der Waals surface area contributed by atoms with Crippen molar-refractivity contribution >= 4 is 62.0 Å². The number of rotatable bonds is 10. The molecule has 1 aliphatic carbocycles. The Balaban J connectivity index is 1.15. The average Bonchev–Trinajstić information content (AvgIpc) is 3.59. The van der Waals surface area contributed by atoms with Crippen LogP contribution in [0.15, 0.2) is 243 Å². The van der Waals surface area contributed by atoms with Gasteiger partial charge in [-0.1, -0.05) is 166 Å². The second-order valence-electron chi connectivity index (χ2n) is 17.5. The zero-order valence-electron chi connectivity index (χ0n) is 36.9. The molecule has 0 unspecified atom stereocenters. The van der Waals surface area contributed by atoms with Crippen molar-refractivity contribution in [1.29, 1.82) is 0 Å². The highest BCUT2D eigenvalue weighted by Gasteiger charge is 2.36. The Labute approximate surface area is 382 Å². The van der Waals surface area contributed by atoms with Crippen molar-refractivity contribution in [2.75, 3.05) is 14.7 Å². The van der Waals surface area contributed by atoms with Gasteiger partial charge in [-0.3, -0.25) is 0 Å². The van der Waals surface area contributed by atoms with Gasteiger partial charge in [-0.25, -0.2) is 0 Å². The largest absolute Gasteiger partial charge is 0.310 e. The first-order valence-corrected chi connectivity index (χ1v) is 22.5. The molecule has 1 aliphatic rings. The molecule has 0 N–H and O–H groups in total. The number of hydrogen-bond acceptors (Lipinski definition) is 3. The van der Waals surface area contributed by atoms with E-state index in [1.165, 1.54) is 49.7 Å². The summed E-state index contributed by atoms with van der Waals surface area (Å²) in [5.41, 5.74) is 18.7. The summed E-state index contributed by atoms with van der Waals surface area (Å²) in [6.07, 6.45) is 0. The molecule has 0 aliphatic heterocycles. The Kier molecular flexibility index (Phi) is 10.1. The van der Waals surface area contributed by atoms with Gasteiger partial charge in [0.15, 0.2) is 0 Å². The van der Waals surface area contributed by atoms with Gasteiger partial charge in [-0.15, -0.1) is 0 Å². The molecule has 11 rings (SSSR count). The Morgan fingerprint density at radius 3 is 1.22 bits per heavy atom. The van der Waals surface area contributed by atoms with E-state index >= 15 is 0 Å². The van der Waals surface area contributed by atoms with Crippen molar-refractivity contribution < 1.29 is 0 Å². The van der Waals surface area contributed by atoms with Crippen LogP contribution in [0.5, 0.6) is 0 Å². The predicted octanol–water partition coefficient (Wildman–Crippen LogP) is 17.5. The summed E-state index contributed by atoms with van der Waals surface area (Å²) in [4.78, 5) is 7.16. The summed E-state index contributed by atoms with van der Waals surface area (Å²) in [7, 11) is 0. The first-order valence-electron chi connectivity index (χ1n) is 22.5. The van der Waals surface area contributed by atoms with E-state index in [0.717, 1.165) is 51.2 Å². The third-order valence-corrected chi connectivity index (χ3v) is 13.1. The fourth-order valence-electron chi connectivity index (χ4n) is 10.0. The van der Waals surface area contributed by atoms with Crippen LogP contribution in [0, 0.1) is 6.92 Å². The van der Waals surface area contributed by atoms with Gasteiger partial charge < -0.3 is 14.7 Å². The molecular weight excluding hydrogens is 787 g/mol. The van der Waals surface area contributed by atoms with Crippen LogP contribution in [0.25, 0.3) is 33.0 Å². The Morgan fingerprint density at radius 1 is 0.308 bits per heavy atom. The molecule has 0 atom stereocenters. The van der Waals surface area contributed by atoms with Gasteiger partial charge >= 0.3 is 0 Å². The highest BCUT2D eigenvalue weighted by Crippen LogP contribution is 2.52. The molecule has 0 saturated heterocycles. The van der Waals surface area contributed by atoms with Gasteiger partial charge in [0.2, 0.25) is 0 Å². The Hall–Kier alpha value is -8.14. The van der Waals surface area contributed by atoms with Gasteiger partial charge in [0, 0.05) is 39.2 Å². The fraction of sp³-hybridized carbons (Fsp3) is 0.0645. The molecule has 3 nitrogen and oxygen atoms in total. The molecule has 0 radical (unpaired) electrons. The fourth-order valence-corrected chi connectivity index (χ4v) is 10.0. The third kappa shape index (κ3) is 7.12. The summed E-state index contributed by atoms with van der Waals surface area (Å²) < 4.78 is 0. The number of aryl methyl sites for hydroxylation is 1. The molecule has 10 aromatic carbocycles. The van der Waals surface area contributed by atoms with E-state index in [-0.39, 0.29) is 5.41 Å². The van der Waals surface area contributed by atoms with E-state index in [4.69, 9.17) is 0 Å². The normalized spacial score (nSPS) is 12.4. The van der Waals surface area contributed by atoms with Gasteiger partial charge in [0.25, 0.3) is 0 Å². The van der Waals surface area contributed by atoms with Crippen molar-refractivity contribution in [3.05, 3.63) is 259 Å². The van der Waals surface area contributed by atoms with E-state index in [9.17, 15) is 0 Å². The predicted molar refractivity (Wildman–Crippen MR) is 276 cm³/mol. The quantitative estimate of drug-likeness (QED) is 0.136. The molecule has 0 saturated carbocycles. The number of benzene rings is 10. The molecule has 0 heterocycles. The highest BCUT2D eigenvalue weighted by atomic mass is 15.2. The summed E-state index contributed by atoms with van der Waals surface area (Å²) in [5, 5.41) is 2.38. The first kappa shape index (κ1) is 39.7. The maximum absolute atomic E-state index is 2.45. The summed E-state index contributed by atoms with van der Waals surface area (Å²) in [5.74, 6) is 0. The molecule has 0 aromatic heterocycles. The van der Waals surface area contributed by atoms with Crippen LogP contribution >= 0.6 is 0 Å². The molecule has 0 bridgehead atoms. The zero-order chi connectivity index (χ0) is 43.9. The standard InChI is InChI=1S/C62H49N3/c1-44-22-21-35-58-61(44)57-37-36-45(40-59(57)62(58,2)3)54-38-39-60(56-34-20-19-33-55(54)56)65(50-31-17-8-18-32-50)53-42-51(63(46-23-9-4-10-24-46)47-25-11-5-12-26-47)41-52(43-53)64(48-27-13-6-14-28-48)49-29-15-7-16-30-49/h4-43H,1-3H3. The smallest absolute Gasteiger partial charge is 0.0540 e. The monoisotopic (exact) mass is 835 g/mol. The lowest BCUT2D eigenvalue weighted by atomic mass is 9.81. The minimum absolute atomic E-state index is 0.101. The number of para-hydroxylation sites is 5. The van der Waals surface area contributed by atoms with Crippen molar-refractivity contribution in [3.63, 3.8) is 0 Å². The maximum atomic E-state index is 2.45. The van der Waals surface area contributed by atoms with Crippen LogP contribution < -0.4 is 14.7 Å². The van der Waals surface area contributed by atoms with Gasteiger partial charge in [0.1, 0.15) is 0 Å². The second-order valence-corrected chi connectivity index (χ2v) is 17.5. The highest BCUT2D eigenvalue weighted by molar-refractivity contribution is 6.07. The van der Waals surface area contributed by atoms with Crippen LogP contribution in [0.3, 0.4) is 0 Å². The van der Waals surface area contributed by atoms with Gasteiger partial charge in [-0.2, -0.15) is 0 Å². The van der Waals surface area contributed by atoms with E-state index in [1.807, 2.05) is 0 Å². The number of nitrogens with zero attached hydrogens (tertiary/aromatic N) is 3. The van der Waals surface area contributed by atoms with Gasteiger partial charge in [-0.05, 0) is 142 Å². The molecule has 0 amide bonds. The summed E-state index contributed by atoms with van der Waals surface area (Å²) in [6, 6.07) is 88.0. The molecular formula is C62H49N3. The van der Waals surface area contributed by atoms with E-state index in [2.05, 4.69) is 278 Å². The Morgan fingerprint density at radius 2 is 0.723 bits per heavy atom. The lowest BCUT2D eigenvalue weighted by Crippen LogP contribution is -2.16. The Bertz CT molecular complexity index is 3110. The molecule has 65 heavy (non-hydrogen) atoms. The minimum atomic E-state index is -0.101. The molecule has 10 aromatic rings. The molecule has 0 spiro atoms. The zero-order valence-corrected chi connectivity index (χ0v) is 36.9. The number of anilines is 9. The van der Waals surface area contributed by atoms with E-state index in [1.54, 1.807) is 0 Å². The lowest BCUT2D eigenvalue weighted by molar-refractivity contribution is 0.660. The lowest BCUT2D eigenvalue weighted by Gasteiger charge is -2.33. The third-order valence-electron chi connectivity index (χ3n) is 13.1. The van der Waals surface area contributed by atoms with Crippen molar-refractivity contribution in [3.8, 4) is 22.3 Å².